The fourth-order valence-electron chi connectivity index (χ4n) is 2.82. The number of nitrogens with one attached hydrogen (secondary N) is 1. The summed E-state index contributed by atoms with van der Waals surface area (Å²) in [6, 6.07) is 14.5. The summed E-state index contributed by atoms with van der Waals surface area (Å²) in [4.78, 5) is 27.4. The SMILES string of the molecule is CCC(C)NC(=O)C(C)N(Cc1ccccc1)C(=O)CSCc1c(Cl)cccc1Cl. The van der Waals surface area contributed by atoms with Crippen LogP contribution in [0.2, 0.25) is 10.0 Å². The van der Waals surface area contributed by atoms with Crippen LogP contribution in [0.5, 0.6) is 0 Å². The highest BCUT2D eigenvalue weighted by atomic mass is 35.5. The van der Waals surface area contributed by atoms with Crippen LogP contribution in [0.4, 0.5) is 0 Å². The highest BCUT2D eigenvalue weighted by Crippen LogP contribution is 2.28. The quantitative estimate of drug-likeness (QED) is 0.498. The van der Waals surface area contributed by atoms with Crippen LogP contribution in [-0.4, -0.2) is 34.6 Å². The highest BCUT2D eigenvalue weighted by molar-refractivity contribution is 7.99. The van der Waals surface area contributed by atoms with E-state index in [1.54, 1.807) is 30.0 Å². The third-order valence-electron chi connectivity index (χ3n) is 4.90. The van der Waals surface area contributed by atoms with E-state index in [1.165, 1.54) is 11.8 Å². The molecule has 2 rings (SSSR count). The van der Waals surface area contributed by atoms with Crippen LogP contribution in [0.3, 0.4) is 0 Å². The van der Waals surface area contributed by atoms with Gasteiger partial charge in [0.2, 0.25) is 11.8 Å². The van der Waals surface area contributed by atoms with Crippen LogP contribution >= 0.6 is 35.0 Å². The zero-order valence-corrected chi connectivity index (χ0v) is 19.9. The number of rotatable bonds is 10. The Morgan fingerprint density at radius 1 is 1.03 bits per heavy atom. The highest BCUT2D eigenvalue weighted by Gasteiger charge is 2.26. The van der Waals surface area contributed by atoms with Crippen molar-refractivity contribution >= 4 is 46.8 Å². The minimum Gasteiger partial charge on any atom is -0.352 e. The summed E-state index contributed by atoms with van der Waals surface area (Å²) in [7, 11) is 0. The number of amides is 2. The average molecular weight is 467 g/mol. The summed E-state index contributed by atoms with van der Waals surface area (Å²) in [6.07, 6.45) is 0.833. The van der Waals surface area contributed by atoms with Gasteiger partial charge in [-0.3, -0.25) is 9.59 Å². The van der Waals surface area contributed by atoms with E-state index in [0.717, 1.165) is 17.5 Å². The van der Waals surface area contributed by atoms with Crippen molar-refractivity contribution in [1.82, 2.24) is 10.2 Å². The third-order valence-corrected chi connectivity index (χ3v) is 6.55. The second kappa shape index (κ2) is 12.2. The molecular formula is C23H28Cl2N2O2S. The van der Waals surface area contributed by atoms with E-state index in [1.807, 2.05) is 44.2 Å². The summed E-state index contributed by atoms with van der Waals surface area (Å²) >= 11 is 13.9. The van der Waals surface area contributed by atoms with E-state index < -0.39 is 6.04 Å². The van der Waals surface area contributed by atoms with Crippen molar-refractivity contribution in [3.63, 3.8) is 0 Å². The van der Waals surface area contributed by atoms with E-state index >= 15 is 0 Å². The van der Waals surface area contributed by atoms with Crippen LogP contribution in [0, 0.1) is 0 Å². The van der Waals surface area contributed by atoms with E-state index in [2.05, 4.69) is 5.32 Å². The molecule has 1 N–H and O–H groups in total. The lowest BCUT2D eigenvalue weighted by atomic mass is 10.1. The zero-order valence-electron chi connectivity index (χ0n) is 17.5. The van der Waals surface area contributed by atoms with Crippen LogP contribution in [0.15, 0.2) is 48.5 Å². The number of hydrogen-bond acceptors (Lipinski definition) is 3. The van der Waals surface area contributed by atoms with E-state index in [0.29, 0.717) is 22.3 Å². The second-order valence-electron chi connectivity index (χ2n) is 7.19. The number of thioether (sulfide) groups is 1. The minimum absolute atomic E-state index is 0.0605. The topological polar surface area (TPSA) is 49.4 Å². The van der Waals surface area contributed by atoms with Crippen molar-refractivity contribution in [3.8, 4) is 0 Å². The summed E-state index contributed by atoms with van der Waals surface area (Å²) in [5, 5.41) is 4.15. The summed E-state index contributed by atoms with van der Waals surface area (Å²) in [5.41, 5.74) is 1.80. The molecule has 0 bridgehead atoms. The summed E-state index contributed by atoms with van der Waals surface area (Å²) in [6.45, 7) is 6.12. The zero-order chi connectivity index (χ0) is 22.1. The second-order valence-corrected chi connectivity index (χ2v) is 8.99. The van der Waals surface area contributed by atoms with Gasteiger partial charge >= 0.3 is 0 Å². The molecular weight excluding hydrogens is 439 g/mol. The molecule has 2 unspecified atom stereocenters. The van der Waals surface area contributed by atoms with E-state index in [4.69, 9.17) is 23.2 Å². The smallest absolute Gasteiger partial charge is 0.242 e. The van der Waals surface area contributed by atoms with Crippen molar-refractivity contribution in [2.24, 2.45) is 0 Å². The molecule has 0 saturated carbocycles. The molecule has 0 saturated heterocycles. The fraction of sp³-hybridized carbons (Fsp3) is 0.391. The Labute approximate surface area is 193 Å². The molecule has 162 valence electrons. The molecule has 2 amide bonds. The first kappa shape index (κ1) is 24.6. The first-order valence-electron chi connectivity index (χ1n) is 9.97. The summed E-state index contributed by atoms with van der Waals surface area (Å²) in [5.74, 6) is 0.512. The minimum atomic E-state index is -0.573. The number of hydrogen-bond donors (Lipinski definition) is 1. The van der Waals surface area contributed by atoms with Gasteiger partial charge in [-0.1, -0.05) is 66.5 Å². The van der Waals surface area contributed by atoms with Crippen molar-refractivity contribution < 1.29 is 9.59 Å². The lowest BCUT2D eigenvalue weighted by Crippen LogP contribution is -2.50. The van der Waals surface area contributed by atoms with Gasteiger partial charge in [0, 0.05) is 28.4 Å². The van der Waals surface area contributed by atoms with Crippen molar-refractivity contribution in [2.75, 3.05) is 5.75 Å². The normalized spacial score (nSPS) is 12.8. The molecule has 0 radical (unpaired) electrons. The predicted octanol–water partition coefficient (Wildman–Crippen LogP) is 5.56. The Morgan fingerprint density at radius 2 is 1.67 bits per heavy atom. The van der Waals surface area contributed by atoms with Gasteiger partial charge in [-0.05, 0) is 43.5 Å². The van der Waals surface area contributed by atoms with Gasteiger partial charge in [0.25, 0.3) is 0 Å². The number of halogens is 2. The maximum atomic E-state index is 13.1. The lowest BCUT2D eigenvalue weighted by Gasteiger charge is -2.29. The molecule has 30 heavy (non-hydrogen) atoms. The Bertz CT molecular complexity index is 828. The number of benzene rings is 2. The fourth-order valence-corrected chi connectivity index (χ4v) is 4.47. The van der Waals surface area contributed by atoms with Crippen LogP contribution in [0.25, 0.3) is 0 Å². The lowest BCUT2D eigenvalue weighted by molar-refractivity contribution is -0.138. The standard InChI is InChI=1S/C23H28Cl2N2O2S/c1-4-16(2)26-23(29)17(3)27(13-18-9-6-5-7-10-18)22(28)15-30-14-19-20(24)11-8-12-21(19)25/h5-12,16-17H,4,13-15H2,1-3H3,(H,26,29). The third kappa shape index (κ3) is 7.22. The summed E-state index contributed by atoms with van der Waals surface area (Å²) < 4.78 is 0. The van der Waals surface area contributed by atoms with E-state index in [9.17, 15) is 9.59 Å². The number of carbonyl (C=O) groups is 2. The van der Waals surface area contributed by atoms with Crippen LogP contribution in [-0.2, 0) is 21.9 Å². The maximum absolute atomic E-state index is 13.1. The molecule has 0 spiro atoms. The van der Waals surface area contributed by atoms with Crippen molar-refractivity contribution in [3.05, 3.63) is 69.7 Å². The Morgan fingerprint density at radius 3 is 2.27 bits per heavy atom. The predicted molar refractivity (Wildman–Crippen MR) is 127 cm³/mol. The van der Waals surface area contributed by atoms with Gasteiger partial charge in [-0.15, -0.1) is 11.8 Å². The number of nitrogens with zero attached hydrogens (tertiary/aromatic N) is 1. The molecule has 0 aromatic heterocycles. The monoisotopic (exact) mass is 466 g/mol. The van der Waals surface area contributed by atoms with Gasteiger partial charge in [-0.2, -0.15) is 0 Å². The van der Waals surface area contributed by atoms with Gasteiger partial charge in [0.05, 0.1) is 5.75 Å². The average Bonchev–Trinajstić information content (AvgIpc) is 2.74. The van der Waals surface area contributed by atoms with Gasteiger partial charge in [-0.25, -0.2) is 0 Å². The van der Waals surface area contributed by atoms with Crippen LogP contribution in [0.1, 0.15) is 38.3 Å². The van der Waals surface area contributed by atoms with Crippen LogP contribution < -0.4 is 5.32 Å². The van der Waals surface area contributed by atoms with E-state index in [-0.39, 0.29) is 23.6 Å². The molecule has 0 aliphatic heterocycles. The molecule has 0 aliphatic rings. The van der Waals surface area contributed by atoms with Gasteiger partial charge in [0.15, 0.2) is 0 Å². The molecule has 4 nitrogen and oxygen atoms in total. The number of carbonyl (C=O) groups excluding carboxylic acids is 2. The molecule has 2 atom stereocenters. The first-order chi connectivity index (χ1) is 14.3. The molecule has 2 aromatic carbocycles. The Hall–Kier alpha value is -1.69. The maximum Gasteiger partial charge on any atom is 0.242 e. The van der Waals surface area contributed by atoms with Crippen molar-refractivity contribution in [1.29, 1.82) is 0 Å². The molecule has 7 heteroatoms. The molecule has 0 fully saturated rings. The Balaban J connectivity index is 2.08. The van der Waals surface area contributed by atoms with Gasteiger partial charge in [0.1, 0.15) is 6.04 Å². The van der Waals surface area contributed by atoms with Crippen molar-refractivity contribution in [2.45, 2.75) is 51.6 Å². The molecule has 2 aromatic rings. The molecule has 0 heterocycles. The Kier molecular flexibility index (Phi) is 10.0. The molecule has 0 aliphatic carbocycles. The van der Waals surface area contributed by atoms with Gasteiger partial charge < -0.3 is 10.2 Å². The first-order valence-corrected chi connectivity index (χ1v) is 11.9. The largest absolute Gasteiger partial charge is 0.352 e.